The van der Waals surface area contributed by atoms with Crippen molar-refractivity contribution in [2.45, 2.75) is 39.5 Å². The average Bonchev–Trinajstić information content (AvgIpc) is 2.27. The van der Waals surface area contributed by atoms with E-state index in [2.05, 4.69) is 64.1 Å². The van der Waals surface area contributed by atoms with Crippen LogP contribution >= 0.6 is 0 Å². The molecule has 0 heterocycles. The molecule has 0 aliphatic carbocycles. The molecule has 0 fully saturated rings. The Labute approximate surface area is 155 Å². The predicted octanol–water partition coefficient (Wildman–Crippen LogP) is 3.79. The topological polar surface area (TPSA) is 0 Å². The van der Waals surface area contributed by atoms with Gasteiger partial charge in [-0.3, -0.25) is 0 Å². The molecule has 0 unspecified atom stereocenters. The summed E-state index contributed by atoms with van der Waals surface area (Å²) < 4.78 is 0. The van der Waals surface area contributed by atoms with Gasteiger partial charge in [-0.05, 0) is 33.7 Å². The Morgan fingerprint density at radius 1 is 0.722 bits per heavy atom. The second-order valence-corrected chi connectivity index (χ2v) is 5.10. The van der Waals surface area contributed by atoms with Gasteiger partial charge in [-0.25, -0.2) is 0 Å². The normalized spacial score (nSPS) is 10.3. The fourth-order valence-corrected chi connectivity index (χ4v) is 2.46. The first kappa shape index (κ1) is 18.7. The number of rotatable bonds is 2. The van der Waals surface area contributed by atoms with E-state index in [0.717, 1.165) is 0 Å². The van der Waals surface area contributed by atoms with Crippen molar-refractivity contribution in [2.24, 2.45) is 0 Å². The predicted molar refractivity (Wildman–Crippen MR) is 86.4 cm³/mol. The Morgan fingerprint density at radius 3 is 1.89 bits per heavy atom. The van der Waals surface area contributed by atoms with Crippen molar-refractivity contribution in [1.29, 1.82) is 0 Å². The van der Waals surface area contributed by atoms with Crippen molar-refractivity contribution in [1.82, 2.24) is 0 Å². The van der Waals surface area contributed by atoms with Gasteiger partial charge in [0.15, 0.2) is 0 Å². The molecule has 0 N–H and O–H groups in total. The van der Waals surface area contributed by atoms with Gasteiger partial charge >= 0.3 is 59.1 Å². The van der Waals surface area contributed by atoms with E-state index in [-0.39, 0.29) is 59.1 Å². The van der Waals surface area contributed by atoms with E-state index >= 15 is 0 Å². The van der Waals surface area contributed by atoms with Gasteiger partial charge in [0.25, 0.3) is 0 Å². The van der Waals surface area contributed by atoms with Gasteiger partial charge in [0, 0.05) is 0 Å². The van der Waals surface area contributed by atoms with E-state index in [1.54, 1.807) is 0 Å². The zero-order valence-electron chi connectivity index (χ0n) is 10.6. The van der Waals surface area contributed by atoms with Crippen molar-refractivity contribution in [3.8, 4) is 0 Å². The molecular formula is C16H22Na2. The Kier molecular flexibility index (Phi) is 8.41. The van der Waals surface area contributed by atoms with Crippen LogP contribution in [-0.2, 0) is 0 Å². The summed E-state index contributed by atoms with van der Waals surface area (Å²) in [6.45, 7) is 9.12. The first-order valence-corrected chi connectivity index (χ1v) is 6.12. The molecule has 2 heteroatoms. The molecule has 0 aliphatic heterocycles. The average molecular weight is 260 g/mol. The summed E-state index contributed by atoms with van der Waals surface area (Å²) in [7, 11) is 0. The summed E-state index contributed by atoms with van der Waals surface area (Å²) in [4.78, 5) is 0. The minimum atomic E-state index is 0. The van der Waals surface area contributed by atoms with Gasteiger partial charge in [0.2, 0.25) is 0 Å². The zero-order valence-corrected chi connectivity index (χ0v) is 10.6. The molecule has 0 aromatic heterocycles. The Bertz CT molecular complexity index is 501. The van der Waals surface area contributed by atoms with Crippen LogP contribution < -0.4 is 0 Å². The van der Waals surface area contributed by atoms with Crippen molar-refractivity contribution in [3.63, 3.8) is 0 Å². The third-order valence-corrected chi connectivity index (χ3v) is 3.20. The monoisotopic (exact) mass is 260 g/mol. The molecule has 0 saturated heterocycles. The van der Waals surface area contributed by atoms with E-state index < -0.39 is 0 Å². The van der Waals surface area contributed by atoms with E-state index in [9.17, 15) is 0 Å². The molecule has 0 aliphatic rings. The molecule has 2 aromatic carbocycles. The van der Waals surface area contributed by atoms with Crippen molar-refractivity contribution >= 4 is 69.9 Å². The fourth-order valence-electron chi connectivity index (χ4n) is 2.46. The van der Waals surface area contributed by atoms with Crippen LogP contribution in [0.4, 0.5) is 0 Å². The molecule has 0 amide bonds. The van der Waals surface area contributed by atoms with Crippen LogP contribution in [0.3, 0.4) is 0 Å². The van der Waals surface area contributed by atoms with Crippen LogP contribution in [0.15, 0.2) is 36.4 Å². The summed E-state index contributed by atoms with van der Waals surface area (Å²) >= 11 is 0. The van der Waals surface area contributed by atoms with Crippen LogP contribution in [-0.4, -0.2) is 59.1 Å². The Balaban J connectivity index is 0.00000144. The van der Waals surface area contributed by atoms with Gasteiger partial charge in [-0.1, -0.05) is 64.1 Å². The van der Waals surface area contributed by atoms with E-state index in [1.165, 1.54) is 21.9 Å². The van der Waals surface area contributed by atoms with Crippen LogP contribution in [0, 0.1) is 0 Å². The number of hydrogen-bond donors (Lipinski definition) is 0. The fraction of sp³-hybridized carbons (Fsp3) is 0.375. The molecule has 18 heavy (non-hydrogen) atoms. The molecular weight excluding hydrogens is 238 g/mol. The number of benzene rings is 2. The molecule has 0 radical (unpaired) electrons. The Morgan fingerprint density at radius 2 is 1.33 bits per heavy atom. The number of fused-ring (bicyclic) bond motifs is 1. The van der Waals surface area contributed by atoms with Gasteiger partial charge in [0.05, 0.1) is 0 Å². The maximum absolute atomic E-state index is 2.29. The molecule has 2 rings (SSSR count). The summed E-state index contributed by atoms with van der Waals surface area (Å²) in [6, 6.07) is 13.2. The first-order valence-electron chi connectivity index (χ1n) is 6.12. The van der Waals surface area contributed by atoms with Gasteiger partial charge in [0.1, 0.15) is 0 Å². The minimum absolute atomic E-state index is 0. The Hall–Kier alpha value is 0.700. The van der Waals surface area contributed by atoms with Gasteiger partial charge in [-0.15, -0.1) is 0 Å². The van der Waals surface area contributed by atoms with Crippen molar-refractivity contribution < 1.29 is 0 Å². The molecule has 0 spiro atoms. The van der Waals surface area contributed by atoms with Crippen LogP contribution in [0.5, 0.6) is 0 Å². The number of hydrogen-bond acceptors (Lipinski definition) is 0. The molecule has 0 saturated carbocycles. The summed E-state index contributed by atoms with van der Waals surface area (Å²) in [5.41, 5.74) is 3.02. The quantitative estimate of drug-likeness (QED) is 0.721. The molecule has 0 nitrogen and oxygen atoms in total. The molecule has 2 aromatic rings. The standard InChI is InChI=1S/C16H20.2Na.2H/c1-11(2)14-10-9-13-7-5-6-8-15(13)16(14)12(3)4;;;;/h5-12H,1-4H3;;;;. The first-order chi connectivity index (χ1) is 7.61. The van der Waals surface area contributed by atoms with Crippen molar-refractivity contribution in [3.05, 3.63) is 47.5 Å². The zero-order chi connectivity index (χ0) is 11.7. The SMILES string of the molecule is CC(C)c1ccc2ccccc2c1C(C)C.[NaH].[NaH]. The maximum atomic E-state index is 2.29. The van der Waals surface area contributed by atoms with Crippen LogP contribution in [0.25, 0.3) is 10.8 Å². The van der Waals surface area contributed by atoms with Crippen molar-refractivity contribution in [2.75, 3.05) is 0 Å². The third-order valence-electron chi connectivity index (χ3n) is 3.20. The molecule has 0 bridgehead atoms. The summed E-state index contributed by atoms with van der Waals surface area (Å²) in [5.74, 6) is 1.19. The van der Waals surface area contributed by atoms with Crippen LogP contribution in [0.2, 0.25) is 0 Å². The molecule has 88 valence electrons. The second-order valence-electron chi connectivity index (χ2n) is 5.10. The van der Waals surface area contributed by atoms with Gasteiger partial charge < -0.3 is 0 Å². The van der Waals surface area contributed by atoms with Crippen LogP contribution in [0.1, 0.15) is 50.7 Å². The van der Waals surface area contributed by atoms with Gasteiger partial charge in [-0.2, -0.15) is 0 Å². The second kappa shape index (κ2) is 8.09. The van der Waals surface area contributed by atoms with E-state index in [0.29, 0.717) is 11.8 Å². The summed E-state index contributed by atoms with van der Waals surface area (Å²) in [5, 5.41) is 2.78. The van der Waals surface area contributed by atoms with E-state index in [1.807, 2.05) is 0 Å². The molecule has 0 atom stereocenters. The summed E-state index contributed by atoms with van der Waals surface area (Å²) in [6.07, 6.45) is 0. The van der Waals surface area contributed by atoms with E-state index in [4.69, 9.17) is 0 Å². The third kappa shape index (κ3) is 3.85.